The van der Waals surface area contributed by atoms with Gasteiger partial charge in [-0.25, -0.2) is 18.2 Å². The van der Waals surface area contributed by atoms with Gasteiger partial charge in [0.1, 0.15) is 5.82 Å². The summed E-state index contributed by atoms with van der Waals surface area (Å²) in [5, 5.41) is 3.78. The summed E-state index contributed by atoms with van der Waals surface area (Å²) in [5.41, 5.74) is 2.99. The van der Waals surface area contributed by atoms with Crippen molar-refractivity contribution in [1.29, 1.82) is 0 Å². The second-order valence-corrected chi connectivity index (χ2v) is 7.83. The molecule has 26 heavy (non-hydrogen) atoms. The van der Waals surface area contributed by atoms with Gasteiger partial charge in [0.05, 0.1) is 11.1 Å². The van der Waals surface area contributed by atoms with Gasteiger partial charge in [-0.05, 0) is 48.7 Å². The number of halogens is 1. The molecule has 0 radical (unpaired) electrons. The molecule has 0 bridgehead atoms. The standard InChI is InChI=1S/C18H18FN3O3S/c19-16-7-3-5-14(11-16)13-20-21-18(23)15-6-4-8-17(12-15)26(24,25)22-9-1-2-10-22/h3-8,11-13H,1-2,9-10H2,(H,21,23)/b20-13-. The van der Waals surface area contributed by atoms with E-state index in [0.29, 0.717) is 18.7 Å². The number of amides is 1. The molecule has 2 aromatic carbocycles. The Hall–Kier alpha value is -2.58. The van der Waals surface area contributed by atoms with Crippen LogP contribution in [0.5, 0.6) is 0 Å². The van der Waals surface area contributed by atoms with Crippen LogP contribution in [0.4, 0.5) is 4.39 Å². The van der Waals surface area contributed by atoms with Crippen molar-refractivity contribution in [2.45, 2.75) is 17.7 Å². The Morgan fingerprint density at radius 2 is 1.85 bits per heavy atom. The maximum atomic E-state index is 13.1. The number of carbonyl (C=O) groups excluding carboxylic acids is 1. The first-order chi connectivity index (χ1) is 12.5. The summed E-state index contributed by atoms with van der Waals surface area (Å²) in [4.78, 5) is 12.3. The molecule has 1 heterocycles. The molecular weight excluding hydrogens is 357 g/mol. The van der Waals surface area contributed by atoms with Crippen LogP contribution in [0, 0.1) is 5.82 Å². The minimum absolute atomic E-state index is 0.0844. The topological polar surface area (TPSA) is 78.8 Å². The molecule has 1 aliphatic heterocycles. The molecule has 0 saturated carbocycles. The second-order valence-electron chi connectivity index (χ2n) is 5.89. The molecule has 0 aliphatic carbocycles. The fourth-order valence-corrected chi connectivity index (χ4v) is 4.26. The quantitative estimate of drug-likeness (QED) is 0.644. The summed E-state index contributed by atoms with van der Waals surface area (Å²) in [6.45, 7) is 0.993. The molecule has 3 rings (SSSR count). The van der Waals surface area contributed by atoms with Crippen LogP contribution in [0.3, 0.4) is 0 Å². The number of nitrogens with zero attached hydrogens (tertiary/aromatic N) is 2. The molecular formula is C18H18FN3O3S. The third-order valence-electron chi connectivity index (χ3n) is 4.03. The van der Waals surface area contributed by atoms with Crippen LogP contribution in [0.25, 0.3) is 0 Å². The average Bonchev–Trinajstić information content (AvgIpc) is 3.17. The molecule has 1 fully saturated rings. The van der Waals surface area contributed by atoms with Gasteiger partial charge in [-0.3, -0.25) is 4.79 Å². The minimum atomic E-state index is -3.59. The van der Waals surface area contributed by atoms with Gasteiger partial charge in [0.25, 0.3) is 5.91 Å². The first kappa shape index (κ1) is 18.2. The summed E-state index contributed by atoms with van der Waals surface area (Å²) in [6.07, 6.45) is 2.99. The van der Waals surface area contributed by atoms with Gasteiger partial charge in [-0.15, -0.1) is 0 Å². The highest BCUT2D eigenvalue weighted by Crippen LogP contribution is 2.21. The van der Waals surface area contributed by atoms with Crippen LogP contribution in [0.2, 0.25) is 0 Å². The van der Waals surface area contributed by atoms with Crippen molar-refractivity contribution in [3.63, 3.8) is 0 Å². The lowest BCUT2D eigenvalue weighted by atomic mass is 10.2. The highest BCUT2D eigenvalue weighted by Gasteiger charge is 2.27. The molecule has 2 aromatic rings. The van der Waals surface area contributed by atoms with Gasteiger partial charge in [0.15, 0.2) is 0 Å². The van der Waals surface area contributed by atoms with E-state index in [2.05, 4.69) is 10.5 Å². The van der Waals surface area contributed by atoms with Crippen LogP contribution in [0.1, 0.15) is 28.8 Å². The van der Waals surface area contributed by atoms with E-state index in [4.69, 9.17) is 0 Å². The summed E-state index contributed by atoms with van der Waals surface area (Å²) < 4.78 is 39.7. The zero-order valence-electron chi connectivity index (χ0n) is 13.9. The highest BCUT2D eigenvalue weighted by atomic mass is 32.2. The van der Waals surface area contributed by atoms with Gasteiger partial charge < -0.3 is 0 Å². The Morgan fingerprint density at radius 3 is 2.58 bits per heavy atom. The number of nitrogens with one attached hydrogen (secondary N) is 1. The van der Waals surface area contributed by atoms with Crippen molar-refractivity contribution in [2.24, 2.45) is 5.10 Å². The third kappa shape index (κ3) is 4.14. The summed E-state index contributed by atoms with van der Waals surface area (Å²) in [5.74, 6) is -0.948. The maximum absolute atomic E-state index is 13.1. The van der Waals surface area contributed by atoms with Crippen molar-refractivity contribution in [3.05, 3.63) is 65.5 Å². The zero-order valence-corrected chi connectivity index (χ0v) is 14.7. The largest absolute Gasteiger partial charge is 0.271 e. The SMILES string of the molecule is O=C(N/N=C\c1cccc(F)c1)c1cccc(S(=O)(=O)N2CCCC2)c1. The Labute approximate surface area is 151 Å². The van der Waals surface area contributed by atoms with Crippen molar-refractivity contribution >= 4 is 22.1 Å². The monoisotopic (exact) mass is 375 g/mol. The van der Waals surface area contributed by atoms with Crippen molar-refractivity contribution in [2.75, 3.05) is 13.1 Å². The number of carbonyl (C=O) groups is 1. The number of hydrogen-bond acceptors (Lipinski definition) is 4. The van der Waals surface area contributed by atoms with E-state index in [1.807, 2.05) is 0 Å². The van der Waals surface area contributed by atoms with E-state index in [0.717, 1.165) is 12.8 Å². The van der Waals surface area contributed by atoms with Crippen molar-refractivity contribution < 1.29 is 17.6 Å². The van der Waals surface area contributed by atoms with Gasteiger partial charge in [-0.2, -0.15) is 9.41 Å². The Balaban J connectivity index is 1.72. The molecule has 0 aromatic heterocycles. The van der Waals surface area contributed by atoms with Gasteiger partial charge in [-0.1, -0.05) is 18.2 Å². The predicted molar refractivity (Wildman–Crippen MR) is 95.9 cm³/mol. The number of hydrazone groups is 1. The minimum Gasteiger partial charge on any atom is -0.267 e. The molecule has 1 amide bonds. The van der Waals surface area contributed by atoms with E-state index in [9.17, 15) is 17.6 Å². The van der Waals surface area contributed by atoms with E-state index < -0.39 is 21.7 Å². The molecule has 1 N–H and O–H groups in total. The zero-order chi connectivity index (χ0) is 18.6. The molecule has 1 saturated heterocycles. The maximum Gasteiger partial charge on any atom is 0.271 e. The number of hydrogen-bond donors (Lipinski definition) is 1. The first-order valence-electron chi connectivity index (χ1n) is 8.16. The summed E-state index contributed by atoms with van der Waals surface area (Å²) in [7, 11) is -3.59. The fraction of sp³-hybridized carbons (Fsp3) is 0.222. The van der Waals surface area contributed by atoms with E-state index >= 15 is 0 Å². The molecule has 8 heteroatoms. The molecule has 0 atom stereocenters. The normalized spacial score (nSPS) is 15.4. The average molecular weight is 375 g/mol. The summed E-state index contributed by atoms with van der Waals surface area (Å²) >= 11 is 0. The van der Waals surface area contributed by atoms with Crippen LogP contribution in [0.15, 0.2) is 58.5 Å². The number of benzene rings is 2. The third-order valence-corrected chi connectivity index (χ3v) is 5.92. The van der Waals surface area contributed by atoms with Crippen molar-refractivity contribution in [1.82, 2.24) is 9.73 Å². The highest BCUT2D eigenvalue weighted by molar-refractivity contribution is 7.89. The van der Waals surface area contributed by atoms with Crippen LogP contribution in [-0.4, -0.2) is 37.9 Å². The fourth-order valence-electron chi connectivity index (χ4n) is 2.69. The van der Waals surface area contributed by atoms with Crippen LogP contribution in [-0.2, 0) is 10.0 Å². The summed E-state index contributed by atoms with van der Waals surface area (Å²) in [6, 6.07) is 11.6. The molecule has 0 spiro atoms. The smallest absolute Gasteiger partial charge is 0.267 e. The van der Waals surface area contributed by atoms with Gasteiger partial charge in [0, 0.05) is 18.7 Å². The lowest BCUT2D eigenvalue weighted by Gasteiger charge is -2.15. The van der Waals surface area contributed by atoms with Crippen LogP contribution >= 0.6 is 0 Å². The Kier molecular flexibility index (Phi) is 5.43. The molecule has 0 unspecified atom stereocenters. The Bertz CT molecular complexity index is 938. The van der Waals surface area contributed by atoms with E-state index in [1.54, 1.807) is 6.07 Å². The van der Waals surface area contributed by atoms with Crippen LogP contribution < -0.4 is 5.43 Å². The number of sulfonamides is 1. The van der Waals surface area contributed by atoms with Crippen molar-refractivity contribution in [3.8, 4) is 0 Å². The lowest BCUT2D eigenvalue weighted by molar-refractivity contribution is 0.0955. The van der Waals surface area contributed by atoms with Gasteiger partial charge in [0.2, 0.25) is 10.0 Å². The van der Waals surface area contributed by atoms with E-state index in [-0.39, 0.29) is 10.5 Å². The van der Waals surface area contributed by atoms with Gasteiger partial charge >= 0.3 is 0 Å². The predicted octanol–water partition coefficient (Wildman–Crippen LogP) is 2.37. The second kappa shape index (κ2) is 7.76. The molecule has 1 aliphatic rings. The number of rotatable bonds is 5. The molecule has 6 nitrogen and oxygen atoms in total. The Morgan fingerprint density at radius 1 is 1.12 bits per heavy atom. The lowest BCUT2D eigenvalue weighted by Crippen LogP contribution is -2.28. The molecule has 136 valence electrons. The van der Waals surface area contributed by atoms with E-state index in [1.165, 1.54) is 53.0 Å². The first-order valence-corrected chi connectivity index (χ1v) is 9.60.